The number of aromatic nitrogens is 14. The number of aryl methyl sites for hydroxylation is 2. The van der Waals surface area contributed by atoms with E-state index in [0.717, 1.165) is 280 Å². The molecule has 0 atom stereocenters. The molecule has 0 spiro atoms. The maximum Gasteiger partial charge on any atom is 0.227 e. The van der Waals surface area contributed by atoms with Crippen LogP contribution in [0.5, 0.6) is 0 Å². The normalized spacial score (nSPS) is 18.3. The second-order valence-electron chi connectivity index (χ2n) is 43.8. The van der Waals surface area contributed by atoms with E-state index in [1.54, 1.807) is 13.3 Å². The van der Waals surface area contributed by atoms with Crippen LogP contribution >= 0.6 is 0 Å². The highest BCUT2D eigenvalue weighted by molar-refractivity contribution is 5.74. The Morgan fingerprint density at radius 2 is 0.758 bits per heavy atom. The number of anilines is 10. The van der Waals surface area contributed by atoms with Crippen molar-refractivity contribution in [1.29, 1.82) is 0 Å². The molecule has 7 aromatic heterocycles. The van der Waals surface area contributed by atoms with Crippen LogP contribution in [0.2, 0.25) is 0 Å². The van der Waals surface area contributed by atoms with Gasteiger partial charge in [0.25, 0.3) is 0 Å². The SMILES string of the molecule is CC(=O)N1CC(Nc2cc(C(C)(C)C)nc(C)n2)C1.CC(C)(C)c1cc(NC2CNC2)nc(N2CCNCC2)n1.CC(C)(C)c1cc(NC2CNC2)nc(N2CCOCC2)n1.CC(C)(C)c1cc(NC2COC2)nc(N2CCCC2)n1.CC(C)c1nc(NC2COC2)cc(C(C)(C)C)n1.CCc1nc(NC2COC2)cc(C(C)(C)C)n1.CN(c1cc(C(C)(C)C)ncn1)C1COC1. The lowest BCUT2D eigenvalue weighted by atomic mass is 9.91. The summed E-state index contributed by atoms with van der Waals surface area (Å²) in [6, 6.07) is 17.4. The molecule has 0 bridgehead atoms. The average molecular weight is 1830 g/mol. The van der Waals surface area contributed by atoms with Gasteiger partial charge in [-0.15, -0.1) is 0 Å². The molecule has 7 aromatic rings. The molecule has 10 aliphatic heterocycles. The van der Waals surface area contributed by atoms with Crippen LogP contribution < -0.4 is 67.5 Å². The highest BCUT2D eigenvalue weighted by atomic mass is 16.5. The van der Waals surface area contributed by atoms with Gasteiger partial charge in [-0.2, -0.15) is 15.0 Å². The summed E-state index contributed by atoms with van der Waals surface area (Å²) in [7, 11) is 2.06. The first-order chi connectivity index (χ1) is 62.1. The molecule has 728 valence electrons. The Morgan fingerprint density at radius 3 is 1.12 bits per heavy atom. The molecular formula is C98H160N28O6. The van der Waals surface area contributed by atoms with E-state index in [1.165, 1.54) is 12.8 Å². The van der Waals surface area contributed by atoms with Crippen LogP contribution in [0, 0.1) is 6.92 Å². The number of amides is 1. The van der Waals surface area contributed by atoms with Crippen molar-refractivity contribution in [2.24, 2.45) is 0 Å². The van der Waals surface area contributed by atoms with Crippen LogP contribution in [0.1, 0.15) is 249 Å². The Balaban J connectivity index is 0.000000149. The number of nitrogens with one attached hydrogen (secondary N) is 9. The topological polar surface area (TPSA) is 368 Å². The van der Waals surface area contributed by atoms with Crippen molar-refractivity contribution >= 4 is 64.5 Å². The summed E-state index contributed by atoms with van der Waals surface area (Å²) in [5.41, 5.74) is 7.79. The summed E-state index contributed by atoms with van der Waals surface area (Å²) < 4.78 is 26.2. The number of rotatable bonds is 19. The molecule has 10 fully saturated rings. The first-order valence-corrected chi connectivity index (χ1v) is 48.1. The van der Waals surface area contributed by atoms with Crippen molar-refractivity contribution in [2.45, 2.75) is 285 Å². The zero-order valence-electron chi connectivity index (χ0n) is 84.8. The number of carbonyl (C=O) groups excluding carboxylic acids is 1. The van der Waals surface area contributed by atoms with Crippen molar-refractivity contribution in [3.63, 3.8) is 0 Å². The summed E-state index contributed by atoms with van der Waals surface area (Å²) in [4.78, 5) is 86.3. The lowest BCUT2D eigenvalue weighted by Crippen LogP contribution is -2.56. The molecule has 0 aromatic carbocycles. The molecule has 0 radical (unpaired) electrons. The van der Waals surface area contributed by atoms with E-state index < -0.39 is 0 Å². The largest absolute Gasteiger partial charge is 0.378 e. The summed E-state index contributed by atoms with van der Waals surface area (Å²) >= 11 is 0. The van der Waals surface area contributed by atoms with Crippen LogP contribution in [0.25, 0.3) is 0 Å². The number of likely N-dealkylation sites (N-methyl/N-ethyl adjacent to an activating group) is 1. The molecule has 10 aliphatic rings. The fourth-order valence-corrected chi connectivity index (χ4v) is 14.4. The van der Waals surface area contributed by atoms with Crippen molar-refractivity contribution < 1.29 is 28.5 Å². The van der Waals surface area contributed by atoms with Gasteiger partial charge in [0.2, 0.25) is 23.8 Å². The third-order valence-electron chi connectivity index (χ3n) is 23.9. The van der Waals surface area contributed by atoms with E-state index in [0.29, 0.717) is 48.2 Å². The number of morpholine rings is 1. The number of nitrogens with zero attached hydrogens (tertiary/aromatic N) is 19. The fourth-order valence-electron chi connectivity index (χ4n) is 14.4. The smallest absolute Gasteiger partial charge is 0.227 e. The van der Waals surface area contributed by atoms with Gasteiger partial charge < -0.3 is 96.0 Å². The highest BCUT2D eigenvalue weighted by Crippen LogP contribution is 2.34. The zero-order valence-corrected chi connectivity index (χ0v) is 84.8. The molecule has 34 heteroatoms. The zero-order chi connectivity index (χ0) is 95.7. The Kier molecular flexibility index (Phi) is 35.5. The van der Waals surface area contributed by atoms with Gasteiger partial charge in [0.1, 0.15) is 64.5 Å². The minimum atomic E-state index is 0.00909. The van der Waals surface area contributed by atoms with E-state index in [4.69, 9.17) is 53.6 Å². The maximum absolute atomic E-state index is 11.1. The van der Waals surface area contributed by atoms with E-state index in [9.17, 15) is 4.79 Å². The van der Waals surface area contributed by atoms with Crippen molar-refractivity contribution in [3.05, 3.63) is 106 Å². The van der Waals surface area contributed by atoms with Crippen molar-refractivity contribution in [2.75, 3.05) is 216 Å². The van der Waals surface area contributed by atoms with Gasteiger partial charge in [-0.05, 0) is 19.8 Å². The fraction of sp³-hybridized carbons (Fsp3) is 0.704. The number of ether oxygens (including phenoxy) is 5. The van der Waals surface area contributed by atoms with Gasteiger partial charge in [-0.3, -0.25) is 4.79 Å². The van der Waals surface area contributed by atoms with Gasteiger partial charge in [-0.25, -0.2) is 54.8 Å². The summed E-state index contributed by atoms with van der Waals surface area (Å²) in [6.45, 7) is 76.6. The van der Waals surface area contributed by atoms with E-state index in [1.807, 2.05) is 17.9 Å². The van der Waals surface area contributed by atoms with E-state index in [-0.39, 0.29) is 43.8 Å². The Bertz CT molecular complexity index is 4700. The molecule has 0 aliphatic carbocycles. The number of likely N-dealkylation sites (tertiary alicyclic amines) is 1. The third-order valence-corrected chi connectivity index (χ3v) is 23.9. The van der Waals surface area contributed by atoms with Crippen LogP contribution in [-0.4, -0.2) is 288 Å². The van der Waals surface area contributed by atoms with Gasteiger partial charge >= 0.3 is 0 Å². The third kappa shape index (κ3) is 31.1. The van der Waals surface area contributed by atoms with E-state index >= 15 is 0 Å². The molecule has 17 rings (SSSR count). The summed E-state index contributed by atoms with van der Waals surface area (Å²) in [5, 5.41) is 30.6. The lowest BCUT2D eigenvalue weighted by Gasteiger charge is -2.39. The van der Waals surface area contributed by atoms with E-state index in [2.05, 4.69) is 317 Å². The molecule has 132 heavy (non-hydrogen) atoms. The molecule has 34 nitrogen and oxygen atoms in total. The van der Waals surface area contributed by atoms with Gasteiger partial charge in [0.15, 0.2) is 0 Å². The van der Waals surface area contributed by atoms with Crippen molar-refractivity contribution in [1.82, 2.24) is 90.6 Å². The average Bonchev–Trinajstić information content (AvgIpc) is 0.953. The number of hydrogen-bond donors (Lipinski definition) is 9. The highest BCUT2D eigenvalue weighted by Gasteiger charge is 2.34. The molecule has 17 heterocycles. The van der Waals surface area contributed by atoms with Crippen LogP contribution in [0.3, 0.4) is 0 Å². The molecular weight excluding hydrogens is 1670 g/mol. The van der Waals surface area contributed by atoms with Gasteiger partial charge in [-0.1, -0.05) is 166 Å². The van der Waals surface area contributed by atoms with Crippen LogP contribution in [-0.2, 0) is 72.8 Å². The second-order valence-corrected chi connectivity index (χ2v) is 43.8. The second kappa shape index (κ2) is 45.4. The monoisotopic (exact) mass is 1830 g/mol. The number of carbonyl (C=O) groups is 1. The molecule has 9 N–H and O–H groups in total. The lowest BCUT2D eigenvalue weighted by molar-refractivity contribution is -0.132. The molecule has 0 saturated carbocycles. The Morgan fingerprint density at radius 1 is 0.402 bits per heavy atom. The standard InChI is InChI=1S/C15H26N6.C15H25N5O.C15H24N4O.C14H22N4O.C14H23N3O.C13H21N3O.C12H19N3O/c1-15(2,3)12-8-13(18-11-9-17-10-11)20-14(19-12)21-6-4-16-5-7-21;1-15(2,3)12-8-13(17-11-9-16-10-11)19-14(18-12)20-4-6-21-7-5-20;1-15(2,3)12-8-13(16-11-9-20-10-11)18-14(17-12)19-6-4-5-7-19;1-9-15-12(14(3,4)5)6-13(16-9)17-11-7-18(8-11)10(2)19;1-9(2)13-16-11(14(3,4)5)6-12(17-13)15-10-7-18-8-10;1-5-11-15-10(13(2,3)4)6-12(16-11)14-9-7-17-8-9;1-12(2,3)10-5-11(14-8-13-10)15(4)9-6-16-7-9/h8,11,16-17H,4-7,9-10H2,1-3H3,(H,18,19,20);8,11,16H,4-7,9-10H2,1-3H3,(H,17,18,19);8,11H,4-7,9-10H2,1-3H3,(H,16,17,18);6,11H,7-8H2,1-5H3,(H,15,16,17);6,9-10H,7-8H2,1-5H3,(H,15,16,17);6,9H,5,7-8H2,1-4H3,(H,14,15,16);5,8-9H,6-7H2,1-4H3. The van der Waals surface area contributed by atoms with Gasteiger partial charge in [0.05, 0.1) is 148 Å². The Hall–Kier alpha value is -9.29. The molecule has 1 amide bonds. The predicted molar refractivity (Wildman–Crippen MR) is 531 cm³/mol. The Labute approximate surface area is 787 Å². The minimum Gasteiger partial charge on any atom is -0.378 e. The first-order valence-electron chi connectivity index (χ1n) is 48.1. The summed E-state index contributed by atoms with van der Waals surface area (Å²) in [6.07, 6.45) is 4.98. The van der Waals surface area contributed by atoms with Gasteiger partial charge in [0, 0.05) is 198 Å². The number of piperazine rings is 1. The van der Waals surface area contributed by atoms with Crippen LogP contribution in [0.15, 0.2) is 48.8 Å². The predicted octanol–water partition coefficient (Wildman–Crippen LogP) is 11.9. The minimum absolute atomic E-state index is 0.00909. The quantitative estimate of drug-likeness (QED) is 0.0363. The van der Waals surface area contributed by atoms with Crippen molar-refractivity contribution in [3.8, 4) is 0 Å². The number of hydrogen-bond acceptors (Lipinski definition) is 33. The van der Waals surface area contributed by atoms with Crippen LogP contribution in [0.4, 0.5) is 58.6 Å². The summed E-state index contributed by atoms with van der Waals surface area (Å²) in [5.74, 6) is 12.1. The molecule has 10 saturated heterocycles. The molecule has 0 unspecified atom stereocenters. The maximum atomic E-state index is 11.1. The first kappa shape index (κ1) is 103.